The zero-order valence-corrected chi connectivity index (χ0v) is 22.0. The van der Waals surface area contributed by atoms with Gasteiger partial charge in [-0.3, -0.25) is 9.69 Å². The van der Waals surface area contributed by atoms with Crippen LogP contribution in [0.5, 0.6) is 0 Å². The van der Waals surface area contributed by atoms with Crippen LogP contribution >= 0.6 is 24.0 Å². The van der Waals surface area contributed by atoms with E-state index < -0.39 is 0 Å². The number of nitrogens with one attached hydrogen (secondary N) is 1. The van der Waals surface area contributed by atoms with E-state index in [0.717, 1.165) is 70.3 Å². The molecule has 4 rings (SSSR count). The summed E-state index contributed by atoms with van der Waals surface area (Å²) in [6.45, 7) is 11.0. The lowest BCUT2D eigenvalue weighted by Crippen LogP contribution is -2.57. The smallest absolute Gasteiger partial charge is 0.239 e. The first kappa shape index (κ1) is 25.5. The highest BCUT2D eigenvalue weighted by atomic mass is 127. The number of aromatic nitrogens is 2. The molecule has 1 aromatic carbocycles. The van der Waals surface area contributed by atoms with E-state index in [2.05, 4.69) is 58.3 Å². The fraction of sp³-hybridized carbons (Fsp3) is 0.542. The molecule has 2 saturated heterocycles. The SMILES string of the molecule is CCNC(=NCc1ccc(-n2cccn2)cc1)N1CCN(C(C)C(=O)N2CCCC2)CC1.I. The Bertz CT molecular complexity index is 886. The lowest BCUT2D eigenvalue weighted by Gasteiger charge is -2.39. The molecule has 0 radical (unpaired) electrons. The average Bonchev–Trinajstić information content (AvgIpc) is 3.56. The highest BCUT2D eigenvalue weighted by molar-refractivity contribution is 14.0. The minimum Gasteiger partial charge on any atom is -0.357 e. The molecule has 2 aliphatic rings. The van der Waals surface area contributed by atoms with Crippen molar-refractivity contribution >= 4 is 35.8 Å². The van der Waals surface area contributed by atoms with Gasteiger partial charge in [0.2, 0.25) is 5.91 Å². The molecule has 8 nitrogen and oxygen atoms in total. The van der Waals surface area contributed by atoms with Crippen LogP contribution in [0, 0.1) is 0 Å². The van der Waals surface area contributed by atoms with E-state index in [1.807, 2.05) is 21.8 Å². The number of hydrogen-bond donors (Lipinski definition) is 1. The minimum atomic E-state index is -0.0388. The van der Waals surface area contributed by atoms with Crippen molar-refractivity contribution in [3.8, 4) is 5.69 Å². The van der Waals surface area contributed by atoms with E-state index in [4.69, 9.17) is 4.99 Å². The number of likely N-dealkylation sites (tertiary alicyclic amines) is 1. The molecular formula is C24H36IN7O. The lowest BCUT2D eigenvalue weighted by atomic mass is 10.2. The van der Waals surface area contributed by atoms with Crippen LogP contribution in [0.15, 0.2) is 47.7 Å². The summed E-state index contributed by atoms with van der Waals surface area (Å²) in [6, 6.07) is 10.2. The number of amides is 1. The molecule has 0 spiro atoms. The van der Waals surface area contributed by atoms with E-state index in [1.54, 1.807) is 6.20 Å². The van der Waals surface area contributed by atoms with Crippen LogP contribution in [0.4, 0.5) is 0 Å². The van der Waals surface area contributed by atoms with Crippen LogP contribution < -0.4 is 5.32 Å². The second-order valence-electron chi connectivity index (χ2n) is 8.52. The third-order valence-electron chi connectivity index (χ3n) is 6.39. The Morgan fingerprint density at radius 3 is 2.36 bits per heavy atom. The first-order valence-corrected chi connectivity index (χ1v) is 11.8. The van der Waals surface area contributed by atoms with Gasteiger partial charge in [0.05, 0.1) is 18.3 Å². The average molecular weight is 566 g/mol. The molecule has 1 unspecified atom stereocenters. The molecular weight excluding hydrogens is 529 g/mol. The minimum absolute atomic E-state index is 0. The van der Waals surface area contributed by atoms with Gasteiger partial charge < -0.3 is 15.1 Å². The molecule has 1 aromatic heterocycles. The number of hydrogen-bond acceptors (Lipinski definition) is 4. The lowest BCUT2D eigenvalue weighted by molar-refractivity contribution is -0.135. The predicted octanol–water partition coefficient (Wildman–Crippen LogP) is 2.58. The fourth-order valence-corrected chi connectivity index (χ4v) is 4.45. The van der Waals surface area contributed by atoms with Crippen molar-refractivity contribution in [2.75, 3.05) is 45.8 Å². The molecule has 180 valence electrons. The molecule has 2 aliphatic heterocycles. The van der Waals surface area contributed by atoms with Crippen molar-refractivity contribution < 1.29 is 4.79 Å². The summed E-state index contributed by atoms with van der Waals surface area (Å²) in [7, 11) is 0. The Hall–Kier alpha value is -2.14. The van der Waals surface area contributed by atoms with Crippen molar-refractivity contribution in [2.45, 2.75) is 39.3 Å². The Labute approximate surface area is 214 Å². The van der Waals surface area contributed by atoms with Gasteiger partial charge in [0, 0.05) is 58.2 Å². The molecule has 33 heavy (non-hydrogen) atoms. The molecule has 1 N–H and O–H groups in total. The standard InChI is InChI=1S/C24H35N7O.HI/c1-3-25-24(26-19-21-7-9-22(10-8-21)31-14-6-11-27-31)30-17-15-28(16-18-30)20(2)23(32)29-12-4-5-13-29;/h6-11,14,20H,3-5,12-13,15-19H2,1-2H3,(H,25,26);1H. The zero-order valence-electron chi connectivity index (χ0n) is 19.7. The van der Waals surface area contributed by atoms with E-state index in [1.165, 1.54) is 5.56 Å². The largest absolute Gasteiger partial charge is 0.357 e. The summed E-state index contributed by atoms with van der Waals surface area (Å²) >= 11 is 0. The molecule has 9 heteroatoms. The molecule has 2 aromatic rings. The van der Waals surface area contributed by atoms with Gasteiger partial charge in [0.15, 0.2) is 5.96 Å². The number of guanidine groups is 1. The van der Waals surface area contributed by atoms with E-state index in [9.17, 15) is 4.79 Å². The van der Waals surface area contributed by atoms with Crippen molar-refractivity contribution in [1.29, 1.82) is 0 Å². The predicted molar refractivity (Wildman–Crippen MR) is 142 cm³/mol. The summed E-state index contributed by atoms with van der Waals surface area (Å²) < 4.78 is 1.85. The number of piperazine rings is 1. The highest BCUT2D eigenvalue weighted by Crippen LogP contribution is 2.14. The van der Waals surface area contributed by atoms with E-state index >= 15 is 0 Å². The molecule has 2 fully saturated rings. The van der Waals surface area contributed by atoms with Crippen molar-refractivity contribution in [3.63, 3.8) is 0 Å². The van der Waals surface area contributed by atoms with Crippen LogP contribution in [-0.4, -0.2) is 88.2 Å². The van der Waals surface area contributed by atoms with Crippen LogP contribution in [0.3, 0.4) is 0 Å². The van der Waals surface area contributed by atoms with Crippen molar-refractivity contribution in [1.82, 2.24) is 29.8 Å². The Morgan fingerprint density at radius 2 is 1.76 bits per heavy atom. The number of carbonyl (C=O) groups excluding carboxylic acids is 1. The van der Waals surface area contributed by atoms with Crippen LogP contribution in [0.1, 0.15) is 32.3 Å². The summed E-state index contributed by atoms with van der Waals surface area (Å²) in [5.74, 6) is 1.23. The summed E-state index contributed by atoms with van der Waals surface area (Å²) in [5, 5.41) is 7.71. The molecule has 0 saturated carbocycles. The van der Waals surface area contributed by atoms with Crippen LogP contribution in [-0.2, 0) is 11.3 Å². The maximum absolute atomic E-state index is 12.8. The van der Waals surface area contributed by atoms with Gasteiger partial charge in [-0.05, 0) is 50.5 Å². The van der Waals surface area contributed by atoms with Crippen molar-refractivity contribution in [2.24, 2.45) is 4.99 Å². The van der Waals surface area contributed by atoms with Gasteiger partial charge in [-0.1, -0.05) is 12.1 Å². The maximum atomic E-state index is 12.8. The Kier molecular flexibility index (Phi) is 9.54. The van der Waals surface area contributed by atoms with Crippen molar-refractivity contribution in [3.05, 3.63) is 48.3 Å². The van der Waals surface area contributed by atoms with Gasteiger partial charge in [-0.25, -0.2) is 9.67 Å². The first-order chi connectivity index (χ1) is 15.7. The summed E-state index contributed by atoms with van der Waals surface area (Å²) in [6.07, 6.45) is 6.00. The Morgan fingerprint density at radius 1 is 1.06 bits per heavy atom. The molecule has 3 heterocycles. The van der Waals surface area contributed by atoms with E-state index in [-0.39, 0.29) is 35.9 Å². The quantitative estimate of drug-likeness (QED) is 0.332. The molecule has 1 atom stereocenters. The summed E-state index contributed by atoms with van der Waals surface area (Å²) in [4.78, 5) is 24.3. The zero-order chi connectivity index (χ0) is 22.3. The molecule has 1 amide bonds. The van der Waals surface area contributed by atoms with E-state index in [0.29, 0.717) is 6.54 Å². The van der Waals surface area contributed by atoms with Gasteiger partial charge in [0.25, 0.3) is 0 Å². The van der Waals surface area contributed by atoms with Gasteiger partial charge in [-0.15, -0.1) is 24.0 Å². The monoisotopic (exact) mass is 565 g/mol. The highest BCUT2D eigenvalue weighted by Gasteiger charge is 2.30. The Balaban J connectivity index is 0.00000306. The topological polar surface area (TPSA) is 69.0 Å². The van der Waals surface area contributed by atoms with Gasteiger partial charge in [0.1, 0.15) is 0 Å². The number of aliphatic imine (C=N–C) groups is 1. The number of rotatable bonds is 6. The fourth-order valence-electron chi connectivity index (χ4n) is 4.45. The van der Waals surface area contributed by atoms with Crippen LogP contribution in [0.2, 0.25) is 0 Å². The second kappa shape index (κ2) is 12.4. The number of benzene rings is 1. The molecule has 0 bridgehead atoms. The summed E-state index contributed by atoms with van der Waals surface area (Å²) in [5.41, 5.74) is 2.21. The maximum Gasteiger partial charge on any atom is 0.239 e. The van der Waals surface area contributed by atoms with Gasteiger partial charge >= 0.3 is 0 Å². The van der Waals surface area contributed by atoms with Crippen LogP contribution in [0.25, 0.3) is 5.69 Å². The number of nitrogens with zero attached hydrogens (tertiary/aromatic N) is 6. The normalized spacial score (nSPS) is 18.2. The third-order valence-corrected chi connectivity index (χ3v) is 6.39. The third kappa shape index (κ3) is 6.47. The number of carbonyl (C=O) groups is 1. The molecule has 0 aliphatic carbocycles. The number of halogens is 1. The van der Waals surface area contributed by atoms with Gasteiger partial charge in [-0.2, -0.15) is 5.10 Å². The second-order valence-corrected chi connectivity index (χ2v) is 8.52. The first-order valence-electron chi connectivity index (χ1n) is 11.8.